The zero-order chi connectivity index (χ0) is 34.1. The van der Waals surface area contributed by atoms with Crippen molar-refractivity contribution in [1.29, 1.82) is 0 Å². The summed E-state index contributed by atoms with van der Waals surface area (Å²) in [5.41, 5.74) is 20.6. The number of aromatic nitrogens is 2. The maximum atomic E-state index is 6.96. The predicted molar refractivity (Wildman–Crippen MR) is 209 cm³/mol. The van der Waals surface area contributed by atoms with E-state index in [1.165, 1.54) is 41.8 Å². The zero-order valence-electron chi connectivity index (χ0n) is 27.9. The zero-order valence-corrected chi connectivity index (χ0v) is 30.9. The molecule has 5 heteroatoms. The number of benzene rings is 6. The van der Waals surface area contributed by atoms with Gasteiger partial charge in [-0.3, -0.25) is 0 Å². The third-order valence-corrected chi connectivity index (χ3v) is 15.0. The summed E-state index contributed by atoms with van der Waals surface area (Å²) in [6.07, 6.45) is 6.65. The Morgan fingerprint density at radius 3 is 1.92 bits per heavy atom. The number of halogens is 1. The molecule has 0 amide bonds. The van der Waals surface area contributed by atoms with Crippen LogP contribution in [0.4, 0.5) is 5.69 Å². The van der Waals surface area contributed by atoms with Gasteiger partial charge in [-0.1, -0.05) is 30.3 Å². The Hall–Kier alpha value is -4.98. The van der Waals surface area contributed by atoms with Gasteiger partial charge < -0.3 is 0 Å². The molecule has 2 N–H and O–H groups in total. The maximum absolute atomic E-state index is 6.96. The van der Waals surface area contributed by atoms with Crippen LogP contribution in [0.3, 0.4) is 0 Å². The van der Waals surface area contributed by atoms with Crippen molar-refractivity contribution in [2.45, 2.75) is 26.9 Å². The number of hydrogen-bond donors (Lipinski definition) is 1. The molecule has 2 aliphatic rings. The van der Waals surface area contributed by atoms with Crippen LogP contribution in [0.25, 0.3) is 51.1 Å². The number of fused-ring (bicyclic) bond motifs is 2. The molecule has 6 aromatic carbocycles. The molecule has 51 heavy (non-hydrogen) atoms. The molecular formula is C46H35IN3S-. The number of aryl methyl sites for hydroxylation is 1. The van der Waals surface area contributed by atoms with Crippen molar-refractivity contribution in [3.63, 3.8) is 0 Å². The first kappa shape index (κ1) is 32.0. The van der Waals surface area contributed by atoms with E-state index in [4.69, 9.17) is 15.7 Å². The number of nitrogens with zero attached hydrogens (tertiary/aromatic N) is 2. The summed E-state index contributed by atoms with van der Waals surface area (Å²) < 4.78 is 1.87. The number of thioether (sulfide) groups is 1. The average molecular weight is 789 g/mol. The molecule has 1 aromatic heterocycles. The number of rotatable bonds is 7. The Morgan fingerprint density at radius 1 is 0.588 bits per heavy atom. The number of allylic oxidation sites excluding steroid dienone is 1. The molecule has 2 atom stereocenters. The van der Waals surface area contributed by atoms with E-state index in [-0.39, 0.29) is 27.1 Å². The van der Waals surface area contributed by atoms with Gasteiger partial charge >= 0.3 is 286 Å². The van der Waals surface area contributed by atoms with Crippen molar-refractivity contribution < 1.29 is 21.2 Å². The first-order valence-electron chi connectivity index (χ1n) is 17.4. The first-order chi connectivity index (χ1) is 25.2. The third-order valence-electron chi connectivity index (χ3n) is 9.79. The summed E-state index contributed by atoms with van der Waals surface area (Å²) in [5.74, 6) is 1.01. The van der Waals surface area contributed by atoms with E-state index in [9.17, 15) is 0 Å². The molecule has 1 aliphatic carbocycles. The normalized spacial score (nSPS) is 16.2. The monoisotopic (exact) mass is 788 g/mol. The predicted octanol–water partition coefficient (Wildman–Crippen LogP) is 8.21. The van der Waals surface area contributed by atoms with Gasteiger partial charge in [0.1, 0.15) is 0 Å². The van der Waals surface area contributed by atoms with Crippen molar-refractivity contribution in [2.24, 2.45) is 0 Å². The van der Waals surface area contributed by atoms with Gasteiger partial charge in [0.05, 0.1) is 0 Å². The second-order valence-corrected chi connectivity index (χ2v) is 18.2. The summed E-state index contributed by atoms with van der Waals surface area (Å²) in [6, 6.07) is 54.2. The van der Waals surface area contributed by atoms with Crippen molar-refractivity contribution in [1.82, 2.24) is 9.97 Å². The van der Waals surface area contributed by atoms with Gasteiger partial charge in [-0.2, -0.15) is 0 Å². The topological polar surface area (TPSA) is 51.8 Å². The molecule has 0 saturated carbocycles. The van der Waals surface area contributed by atoms with Crippen LogP contribution in [0.15, 0.2) is 163 Å². The fourth-order valence-corrected chi connectivity index (χ4v) is 12.9. The summed E-state index contributed by atoms with van der Waals surface area (Å²) in [6.45, 7) is 0. The molecule has 3 nitrogen and oxygen atoms in total. The minimum atomic E-state index is -0.351. The van der Waals surface area contributed by atoms with Crippen LogP contribution in [0.1, 0.15) is 34.6 Å². The Bertz CT molecular complexity index is 2370. The van der Waals surface area contributed by atoms with Crippen molar-refractivity contribution in [3.05, 3.63) is 184 Å². The third kappa shape index (κ3) is 6.41. The number of alkyl halides is 1. The Balaban J connectivity index is 1.03. The van der Waals surface area contributed by atoms with Crippen LogP contribution in [-0.2, 0) is 6.42 Å². The fourth-order valence-electron chi connectivity index (χ4n) is 7.13. The number of nitrogens with two attached hydrogens (primary N) is 1. The quantitative estimate of drug-likeness (QED) is 0.101. The average Bonchev–Trinajstić information content (AvgIpc) is 3.56. The van der Waals surface area contributed by atoms with Gasteiger partial charge in [-0.15, -0.1) is 0 Å². The van der Waals surface area contributed by atoms with Gasteiger partial charge in [-0.05, 0) is 0 Å². The van der Waals surface area contributed by atoms with E-state index in [2.05, 4.69) is 140 Å². The van der Waals surface area contributed by atoms with Crippen molar-refractivity contribution in [3.8, 4) is 45.0 Å². The van der Waals surface area contributed by atoms with Crippen LogP contribution >= 0.6 is 11.8 Å². The fraction of sp³-hybridized carbons (Fsp3) is 0.0870. The summed E-state index contributed by atoms with van der Waals surface area (Å²) >= 11 is 1.68. The van der Waals surface area contributed by atoms with E-state index < -0.39 is 0 Å². The summed E-state index contributed by atoms with van der Waals surface area (Å²) in [4.78, 5) is 11.5. The van der Waals surface area contributed by atoms with Gasteiger partial charge in [-0.25, -0.2) is 0 Å². The molecular weight excluding hydrogens is 753 g/mol. The van der Waals surface area contributed by atoms with Crippen LogP contribution in [0.2, 0.25) is 0 Å². The second-order valence-electron chi connectivity index (χ2n) is 13.0. The van der Waals surface area contributed by atoms with Crippen molar-refractivity contribution >= 4 is 23.5 Å². The standard InChI is InChI=1S/C46H35IN3S/c48-44-37-16-8-7-13-32(37)25-28-39(44)43-38-17-9-10-18-42(38)51-45(43)47-36-26-23-34(24-27-36)41-29-40(49-46(50-41)35-14-5-2-6-15-35)33-21-19-31(20-22-33)30-11-3-1-4-12-30/h1-6,8-12,14-29,43,45H,7,13,48H2/q-1. The Kier molecular flexibility index (Phi) is 8.76. The second kappa shape index (κ2) is 14.0. The van der Waals surface area contributed by atoms with E-state index in [0.29, 0.717) is 3.26 Å². The van der Waals surface area contributed by atoms with Crippen molar-refractivity contribution in [2.75, 3.05) is 5.73 Å². The Morgan fingerprint density at radius 2 is 1.20 bits per heavy atom. The van der Waals surface area contributed by atoms with Crippen LogP contribution in [0.5, 0.6) is 0 Å². The van der Waals surface area contributed by atoms with Gasteiger partial charge in [0, 0.05) is 0 Å². The van der Waals surface area contributed by atoms with Gasteiger partial charge in [0.15, 0.2) is 0 Å². The molecule has 0 saturated heterocycles. The van der Waals surface area contributed by atoms with Crippen LogP contribution in [0, 0.1) is 3.57 Å². The molecule has 0 radical (unpaired) electrons. The van der Waals surface area contributed by atoms with Crippen LogP contribution < -0.4 is 26.9 Å². The summed E-state index contributed by atoms with van der Waals surface area (Å²) in [5, 5.41) is 0. The molecule has 248 valence electrons. The molecule has 2 unspecified atom stereocenters. The van der Waals surface area contributed by atoms with Crippen LogP contribution in [-0.4, -0.2) is 13.2 Å². The number of anilines is 1. The van der Waals surface area contributed by atoms with Gasteiger partial charge in [0.2, 0.25) is 0 Å². The Labute approximate surface area is 314 Å². The summed E-state index contributed by atoms with van der Waals surface area (Å²) in [7, 11) is 0. The molecule has 7 aromatic rings. The number of hydrogen-bond acceptors (Lipinski definition) is 4. The van der Waals surface area contributed by atoms with Gasteiger partial charge in [0.25, 0.3) is 0 Å². The van der Waals surface area contributed by atoms with E-state index >= 15 is 0 Å². The molecule has 0 spiro atoms. The van der Waals surface area contributed by atoms with E-state index in [1.807, 2.05) is 36.0 Å². The minimum absolute atomic E-state index is 0.283. The molecule has 2 heterocycles. The molecule has 0 fully saturated rings. The molecule has 0 bridgehead atoms. The molecule has 1 aliphatic heterocycles. The van der Waals surface area contributed by atoms with E-state index in [1.54, 1.807) is 0 Å². The van der Waals surface area contributed by atoms with E-state index in [0.717, 1.165) is 52.4 Å². The number of nitrogen functional groups attached to an aromatic ring is 1. The SMILES string of the molecule is Nc1c(C2c3ccccc3SC2[I-]c2ccc(-c3cc(-c4ccc(-c5ccccc5)cc4)nc(-c4ccccc4)n3)cc2)ccc2c1C=CCC2. The molecule has 9 rings (SSSR count). The first-order valence-corrected chi connectivity index (χ1v) is 20.6.